The van der Waals surface area contributed by atoms with E-state index in [4.69, 9.17) is 4.99 Å². The van der Waals surface area contributed by atoms with Gasteiger partial charge in [0.15, 0.2) is 0 Å². The molecule has 206 valence electrons. The lowest BCUT2D eigenvalue weighted by molar-refractivity contribution is 1.19. The number of benzene rings is 8. The summed E-state index contributed by atoms with van der Waals surface area (Å²) in [7, 11) is 0. The lowest BCUT2D eigenvalue weighted by Gasteiger charge is -2.14. The van der Waals surface area contributed by atoms with Crippen LogP contribution in [0.5, 0.6) is 0 Å². The summed E-state index contributed by atoms with van der Waals surface area (Å²) in [6.07, 6.45) is 0.852. The van der Waals surface area contributed by atoms with Gasteiger partial charge in [-0.2, -0.15) is 0 Å². The van der Waals surface area contributed by atoms with E-state index >= 15 is 0 Å². The second-order valence-corrected chi connectivity index (χ2v) is 12.0. The van der Waals surface area contributed by atoms with Crippen LogP contribution in [0.1, 0.15) is 23.6 Å². The molecule has 0 fully saturated rings. The van der Waals surface area contributed by atoms with Crippen molar-refractivity contribution in [2.45, 2.75) is 13.3 Å². The van der Waals surface area contributed by atoms with E-state index in [2.05, 4.69) is 153 Å². The Hall–Kier alpha value is -5.53. The van der Waals surface area contributed by atoms with E-state index in [1.165, 1.54) is 82.4 Å². The summed E-state index contributed by atoms with van der Waals surface area (Å²) in [5.41, 5.74) is 13.3. The first-order chi connectivity index (χ1) is 21.7. The first-order valence-electron chi connectivity index (χ1n) is 15.3. The first kappa shape index (κ1) is 25.0. The van der Waals surface area contributed by atoms with Gasteiger partial charge in [-0.05, 0) is 89.8 Å². The SMILES string of the molecule is CC1=Nc2cc(-c3ccc(-c4ccc5ccc6cccc7ccc4c5c67)cc3)ccc2Cc2ccccc2-c2ccccc21. The molecule has 8 aromatic rings. The molecule has 0 aromatic heterocycles. The molecule has 0 atom stereocenters. The van der Waals surface area contributed by atoms with Crippen LogP contribution in [0.3, 0.4) is 0 Å². The van der Waals surface area contributed by atoms with Gasteiger partial charge in [0.2, 0.25) is 0 Å². The average Bonchev–Trinajstić information content (AvgIpc) is 3.13. The largest absolute Gasteiger partial charge is 0.253 e. The molecule has 0 saturated heterocycles. The lowest BCUT2D eigenvalue weighted by Crippen LogP contribution is -1.98. The maximum absolute atomic E-state index is 5.23. The van der Waals surface area contributed by atoms with E-state index < -0.39 is 0 Å². The summed E-state index contributed by atoms with van der Waals surface area (Å²) in [6, 6.07) is 53.4. The summed E-state index contributed by atoms with van der Waals surface area (Å²) in [5, 5.41) is 7.92. The zero-order valence-electron chi connectivity index (χ0n) is 24.5. The van der Waals surface area contributed by atoms with Crippen molar-refractivity contribution >= 4 is 43.7 Å². The third-order valence-corrected chi connectivity index (χ3v) is 9.44. The van der Waals surface area contributed by atoms with Crippen molar-refractivity contribution in [3.05, 3.63) is 162 Å². The predicted molar refractivity (Wildman–Crippen MR) is 188 cm³/mol. The van der Waals surface area contributed by atoms with Gasteiger partial charge in [-0.25, -0.2) is 0 Å². The molecule has 0 unspecified atom stereocenters. The molecule has 0 amide bonds. The molecule has 1 aliphatic heterocycles. The summed E-state index contributed by atoms with van der Waals surface area (Å²) in [6.45, 7) is 2.13. The molecular formula is C43H29N. The molecule has 1 heteroatoms. The van der Waals surface area contributed by atoms with Gasteiger partial charge in [-0.1, -0.05) is 140 Å². The number of fused-ring (bicyclic) bond motifs is 4. The van der Waals surface area contributed by atoms with E-state index in [1.54, 1.807) is 0 Å². The summed E-state index contributed by atoms with van der Waals surface area (Å²) >= 11 is 0. The predicted octanol–water partition coefficient (Wildman–Crippen LogP) is 11.6. The highest BCUT2D eigenvalue weighted by molar-refractivity contribution is 6.25. The minimum atomic E-state index is 0.852. The Balaban J connectivity index is 1.13. The van der Waals surface area contributed by atoms with Crippen LogP contribution in [-0.4, -0.2) is 5.71 Å². The molecule has 1 aliphatic rings. The van der Waals surface area contributed by atoms with Crippen molar-refractivity contribution < 1.29 is 0 Å². The van der Waals surface area contributed by atoms with Gasteiger partial charge in [-0.3, -0.25) is 4.99 Å². The van der Waals surface area contributed by atoms with Gasteiger partial charge < -0.3 is 0 Å². The molecule has 0 saturated carbocycles. The number of nitrogens with zero attached hydrogens (tertiary/aromatic N) is 1. The zero-order chi connectivity index (χ0) is 29.2. The number of aliphatic imine (C=N–C) groups is 1. The normalized spacial score (nSPS) is 12.7. The molecule has 1 heterocycles. The molecule has 0 N–H and O–H groups in total. The van der Waals surface area contributed by atoms with Crippen LogP contribution in [0, 0.1) is 0 Å². The first-order valence-corrected chi connectivity index (χ1v) is 15.3. The van der Waals surface area contributed by atoms with E-state index in [1.807, 2.05) is 0 Å². The third kappa shape index (κ3) is 3.90. The van der Waals surface area contributed by atoms with Gasteiger partial charge >= 0.3 is 0 Å². The van der Waals surface area contributed by atoms with Gasteiger partial charge in [0.25, 0.3) is 0 Å². The highest BCUT2D eigenvalue weighted by Gasteiger charge is 2.17. The molecule has 8 aromatic carbocycles. The van der Waals surface area contributed by atoms with Gasteiger partial charge in [0.1, 0.15) is 0 Å². The molecule has 0 spiro atoms. The lowest BCUT2D eigenvalue weighted by atomic mass is 9.89. The molecule has 0 aliphatic carbocycles. The maximum atomic E-state index is 5.23. The highest BCUT2D eigenvalue weighted by atomic mass is 14.7. The Morgan fingerprint density at radius 1 is 0.432 bits per heavy atom. The molecule has 1 nitrogen and oxygen atoms in total. The van der Waals surface area contributed by atoms with Gasteiger partial charge in [-0.15, -0.1) is 0 Å². The molecular weight excluding hydrogens is 530 g/mol. The molecule has 44 heavy (non-hydrogen) atoms. The second kappa shape index (κ2) is 9.76. The standard InChI is InChI=1S/C43H29N/c1-27-36-10-4-5-12-39(36)37-11-3-2-7-34(37)25-35-20-19-33(26-41(35)44-27)28-13-15-29(16-14-28)38-23-21-32-18-17-30-8-6-9-31-22-24-40(38)43(32)42(30)31/h2-24,26H,25H2,1H3. The van der Waals surface area contributed by atoms with Crippen molar-refractivity contribution in [3.63, 3.8) is 0 Å². The van der Waals surface area contributed by atoms with Crippen LogP contribution in [0.15, 0.2) is 151 Å². The smallest absolute Gasteiger partial charge is 0.0674 e. The number of rotatable bonds is 2. The fourth-order valence-corrected chi connectivity index (χ4v) is 7.24. The molecule has 0 bridgehead atoms. The Kier molecular flexibility index (Phi) is 5.55. The summed E-state index contributed by atoms with van der Waals surface area (Å²) in [4.78, 5) is 5.23. The van der Waals surface area contributed by atoms with Gasteiger partial charge in [0.05, 0.1) is 5.69 Å². The van der Waals surface area contributed by atoms with Crippen LogP contribution in [0.4, 0.5) is 5.69 Å². The zero-order valence-corrected chi connectivity index (χ0v) is 24.5. The van der Waals surface area contributed by atoms with E-state index in [0.29, 0.717) is 0 Å². The third-order valence-electron chi connectivity index (χ3n) is 9.44. The maximum Gasteiger partial charge on any atom is 0.0674 e. The van der Waals surface area contributed by atoms with E-state index in [9.17, 15) is 0 Å². The summed E-state index contributed by atoms with van der Waals surface area (Å²) < 4.78 is 0. The van der Waals surface area contributed by atoms with Crippen molar-refractivity contribution in [3.8, 4) is 33.4 Å². The highest BCUT2D eigenvalue weighted by Crippen LogP contribution is 2.40. The number of hydrogen-bond acceptors (Lipinski definition) is 1. The average molecular weight is 560 g/mol. The Bertz CT molecular complexity index is 2390. The Morgan fingerprint density at radius 3 is 1.89 bits per heavy atom. The summed E-state index contributed by atoms with van der Waals surface area (Å²) in [5.74, 6) is 0. The van der Waals surface area contributed by atoms with Crippen molar-refractivity contribution in [1.29, 1.82) is 0 Å². The van der Waals surface area contributed by atoms with Crippen molar-refractivity contribution in [2.75, 3.05) is 0 Å². The van der Waals surface area contributed by atoms with Gasteiger partial charge in [0, 0.05) is 17.7 Å². The van der Waals surface area contributed by atoms with Crippen molar-refractivity contribution in [2.24, 2.45) is 4.99 Å². The topological polar surface area (TPSA) is 12.4 Å². The van der Waals surface area contributed by atoms with Crippen molar-refractivity contribution in [1.82, 2.24) is 0 Å². The molecule has 9 rings (SSSR count). The van der Waals surface area contributed by atoms with Crippen LogP contribution < -0.4 is 0 Å². The Labute approximate surface area is 257 Å². The van der Waals surface area contributed by atoms with E-state index in [0.717, 1.165) is 17.8 Å². The fourth-order valence-electron chi connectivity index (χ4n) is 7.24. The fraction of sp³-hybridized carbons (Fsp3) is 0.0465. The Morgan fingerprint density at radius 2 is 1.07 bits per heavy atom. The van der Waals surface area contributed by atoms with Crippen LogP contribution in [-0.2, 0) is 6.42 Å². The monoisotopic (exact) mass is 559 g/mol. The minimum absolute atomic E-state index is 0.852. The minimum Gasteiger partial charge on any atom is -0.253 e. The van der Waals surface area contributed by atoms with Crippen LogP contribution >= 0.6 is 0 Å². The number of hydrogen-bond donors (Lipinski definition) is 0. The molecule has 0 radical (unpaired) electrons. The quantitative estimate of drug-likeness (QED) is 0.187. The van der Waals surface area contributed by atoms with Crippen LogP contribution in [0.2, 0.25) is 0 Å². The second-order valence-electron chi connectivity index (χ2n) is 12.0. The van der Waals surface area contributed by atoms with Crippen LogP contribution in [0.25, 0.3) is 65.7 Å². The van der Waals surface area contributed by atoms with E-state index in [-0.39, 0.29) is 0 Å².